The first-order chi connectivity index (χ1) is 15.4. The minimum absolute atomic E-state index is 0.148. The van der Waals surface area contributed by atoms with Crippen molar-refractivity contribution >= 4 is 16.7 Å². The molecule has 2 aromatic heterocycles. The second-order valence-electron chi connectivity index (χ2n) is 8.86. The Balaban J connectivity index is 1.55. The van der Waals surface area contributed by atoms with Crippen LogP contribution in [0.3, 0.4) is 0 Å². The van der Waals surface area contributed by atoms with Crippen LogP contribution in [-0.4, -0.2) is 53.0 Å². The molecule has 0 saturated carbocycles. The Kier molecular flexibility index (Phi) is 5.54. The van der Waals surface area contributed by atoms with Gasteiger partial charge in [0.2, 0.25) is 0 Å². The third kappa shape index (κ3) is 3.84. The molecule has 9 heteroatoms. The zero-order chi connectivity index (χ0) is 22.4. The summed E-state index contributed by atoms with van der Waals surface area (Å²) in [6, 6.07) is 3.12. The largest absolute Gasteiger partial charge is 0.380 e. The van der Waals surface area contributed by atoms with Crippen molar-refractivity contribution in [3.8, 4) is 11.5 Å². The quantitative estimate of drug-likeness (QED) is 0.655. The molecule has 0 spiro atoms. The summed E-state index contributed by atoms with van der Waals surface area (Å²) < 4.78 is 39.7. The number of hydrogen-bond acceptors (Lipinski definition) is 7. The van der Waals surface area contributed by atoms with Gasteiger partial charge in [-0.1, -0.05) is 5.16 Å². The first-order valence-corrected chi connectivity index (χ1v) is 11.1. The summed E-state index contributed by atoms with van der Waals surface area (Å²) >= 11 is 0. The van der Waals surface area contributed by atoms with Gasteiger partial charge < -0.3 is 19.5 Å². The molecule has 0 bridgehead atoms. The van der Waals surface area contributed by atoms with E-state index in [-0.39, 0.29) is 11.6 Å². The Labute approximate surface area is 185 Å². The van der Waals surface area contributed by atoms with Crippen LogP contribution in [0.5, 0.6) is 0 Å². The Morgan fingerprint density at radius 3 is 2.66 bits per heavy atom. The van der Waals surface area contributed by atoms with Crippen LogP contribution in [0.4, 0.5) is 14.6 Å². The number of aromatic nitrogens is 3. The van der Waals surface area contributed by atoms with Crippen molar-refractivity contribution in [3.05, 3.63) is 35.2 Å². The van der Waals surface area contributed by atoms with E-state index in [1.807, 2.05) is 6.92 Å². The lowest BCUT2D eigenvalue weighted by molar-refractivity contribution is 0.185. The molecule has 1 N–H and O–H groups in total. The highest BCUT2D eigenvalue weighted by atomic mass is 19.1. The van der Waals surface area contributed by atoms with Crippen molar-refractivity contribution in [2.24, 2.45) is 0 Å². The van der Waals surface area contributed by atoms with Crippen molar-refractivity contribution in [1.29, 1.82) is 0 Å². The van der Waals surface area contributed by atoms with Crippen molar-refractivity contribution in [3.63, 3.8) is 0 Å². The predicted octanol–water partition coefficient (Wildman–Crippen LogP) is 3.92. The standard InChI is InChI=1S/C23H27F2N5O2/c1-12-8-16(27-17-5-7-31-11-17)4-6-30(12)22-20(23-26-14(3)29-32-23)13(2)18-9-15(24)10-19(25)21(18)28-22/h9-10,12,16-17,27H,4-8,11H2,1-3H3/t12-,16-,17+/m1/s1. The van der Waals surface area contributed by atoms with E-state index in [1.165, 1.54) is 6.07 Å². The van der Waals surface area contributed by atoms with Crippen LogP contribution in [0, 0.1) is 25.5 Å². The molecular formula is C23H27F2N5O2. The number of hydrogen-bond donors (Lipinski definition) is 1. The van der Waals surface area contributed by atoms with Crippen LogP contribution in [0.2, 0.25) is 0 Å². The van der Waals surface area contributed by atoms with Crippen molar-refractivity contribution < 1.29 is 18.0 Å². The highest BCUT2D eigenvalue weighted by molar-refractivity contribution is 5.92. The molecule has 2 fully saturated rings. The van der Waals surface area contributed by atoms with Gasteiger partial charge in [-0.25, -0.2) is 13.8 Å². The Morgan fingerprint density at radius 1 is 1.12 bits per heavy atom. The minimum Gasteiger partial charge on any atom is -0.380 e. The maximum absolute atomic E-state index is 14.7. The van der Waals surface area contributed by atoms with Gasteiger partial charge in [-0.2, -0.15) is 4.98 Å². The van der Waals surface area contributed by atoms with E-state index in [4.69, 9.17) is 9.26 Å². The fourth-order valence-electron chi connectivity index (χ4n) is 4.93. The van der Waals surface area contributed by atoms with Gasteiger partial charge in [0.1, 0.15) is 17.2 Å². The van der Waals surface area contributed by atoms with Crippen LogP contribution >= 0.6 is 0 Å². The second-order valence-corrected chi connectivity index (χ2v) is 8.86. The summed E-state index contributed by atoms with van der Waals surface area (Å²) in [4.78, 5) is 11.3. The summed E-state index contributed by atoms with van der Waals surface area (Å²) in [5.74, 6) is 0.0778. The van der Waals surface area contributed by atoms with E-state index in [0.29, 0.717) is 46.1 Å². The highest BCUT2D eigenvalue weighted by Crippen LogP contribution is 2.39. The summed E-state index contributed by atoms with van der Waals surface area (Å²) in [7, 11) is 0. The van der Waals surface area contributed by atoms with E-state index in [1.54, 1.807) is 6.92 Å². The number of nitrogens with zero attached hydrogens (tertiary/aromatic N) is 4. The lowest BCUT2D eigenvalue weighted by Crippen LogP contribution is -2.50. The molecule has 1 aromatic carbocycles. The van der Waals surface area contributed by atoms with E-state index in [0.717, 1.165) is 45.1 Å². The van der Waals surface area contributed by atoms with Gasteiger partial charge in [-0.05, 0) is 51.7 Å². The number of fused-ring (bicyclic) bond motifs is 1. The number of piperidine rings is 1. The van der Waals surface area contributed by atoms with Gasteiger partial charge in [-0.15, -0.1) is 0 Å². The topological polar surface area (TPSA) is 76.3 Å². The molecule has 3 aromatic rings. The van der Waals surface area contributed by atoms with Gasteiger partial charge in [0.05, 0.1) is 12.2 Å². The number of anilines is 1. The second kappa shape index (κ2) is 8.37. The van der Waals surface area contributed by atoms with Crippen LogP contribution in [0.1, 0.15) is 37.6 Å². The Morgan fingerprint density at radius 2 is 1.97 bits per heavy atom. The molecule has 2 aliphatic rings. The van der Waals surface area contributed by atoms with Crippen LogP contribution in [0.15, 0.2) is 16.7 Å². The number of benzene rings is 1. The zero-order valence-electron chi connectivity index (χ0n) is 18.5. The monoisotopic (exact) mass is 443 g/mol. The number of nitrogens with one attached hydrogen (secondary N) is 1. The molecule has 2 saturated heterocycles. The van der Waals surface area contributed by atoms with Crippen LogP contribution < -0.4 is 10.2 Å². The Bertz CT molecular complexity index is 1150. The molecular weight excluding hydrogens is 416 g/mol. The average molecular weight is 443 g/mol. The number of aryl methyl sites for hydroxylation is 2. The third-order valence-corrected chi connectivity index (χ3v) is 6.54. The molecule has 0 radical (unpaired) electrons. The van der Waals surface area contributed by atoms with E-state index in [9.17, 15) is 8.78 Å². The third-order valence-electron chi connectivity index (χ3n) is 6.54. The maximum atomic E-state index is 14.7. The summed E-state index contributed by atoms with van der Waals surface area (Å²) in [5, 5.41) is 8.04. The van der Waals surface area contributed by atoms with Crippen LogP contribution in [0.25, 0.3) is 22.4 Å². The van der Waals surface area contributed by atoms with Gasteiger partial charge in [-0.3, -0.25) is 0 Å². The smallest absolute Gasteiger partial charge is 0.261 e. The molecule has 0 unspecified atom stereocenters. The van der Waals surface area contributed by atoms with Crippen molar-refractivity contribution in [2.75, 3.05) is 24.7 Å². The fraction of sp³-hybridized carbons (Fsp3) is 0.522. The molecule has 7 nitrogen and oxygen atoms in total. The lowest BCUT2D eigenvalue weighted by atomic mass is 9.95. The van der Waals surface area contributed by atoms with E-state index >= 15 is 0 Å². The first kappa shape index (κ1) is 21.2. The molecule has 32 heavy (non-hydrogen) atoms. The molecule has 3 atom stereocenters. The number of rotatable bonds is 4. The summed E-state index contributed by atoms with van der Waals surface area (Å²) in [6.45, 7) is 8.02. The highest BCUT2D eigenvalue weighted by Gasteiger charge is 2.32. The minimum atomic E-state index is -0.678. The van der Waals surface area contributed by atoms with Gasteiger partial charge in [0.15, 0.2) is 11.6 Å². The SMILES string of the molecule is Cc1noc(-c2c(N3CC[C@@H](N[C@H]4CCOC4)C[C@H]3C)nc3c(F)cc(F)cc3c2C)n1. The first-order valence-electron chi connectivity index (χ1n) is 11.1. The molecule has 0 amide bonds. The molecule has 2 aliphatic heterocycles. The number of halogens is 2. The molecule has 4 heterocycles. The normalized spacial score (nSPS) is 23.9. The van der Waals surface area contributed by atoms with Gasteiger partial charge >= 0.3 is 0 Å². The van der Waals surface area contributed by atoms with Crippen molar-refractivity contribution in [1.82, 2.24) is 20.4 Å². The number of pyridine rings is 1. The lowest BCUT2D eigenvalue weighted by Gasteiger charge is -2.40. The summed E-state index contributed by atoms with van der Waals surface area (Å²) in [5.41, 5.74) is 1.45. The van der Waals surface area contributed by atoms with E-state index in [2.05, 4.69) is 32.3 Å². The number of ether oxygens (including phenoxy) is 1. The van der Waals surface area contributed by atoms with Gasteiger partial charge in [0, 0.05) is 42.7 Å². The average Bonchev–Trinajstić information content (AvgIpc) is 3.40. The molecule has 0 aliphatic carbocycles. The van der Waals surface area contributed by atoms with Crippen LogP contribution in [-0.2, 0) is 4.74 Å². The zero-order valence-corrected chi connectivity index (χ0v) is 18.5. The van der Waals surface area contributed by atoms with Crippen molar-refractivity contribution in [2.45, 2.75) is 58.2 Å². The summed E-state index contributed by atoms with van der Waals surface area (Å²) in [6.07, 6.45) is 2.88. The molecule has 5 rings (SSSR count). The fourth-order valence-corrected chi connectivity index (χ4v) is 4.93. The maximum Gasteiger partial charge on any atom is 0.261 e. The van der Waals surface area contributed by atoms with E-state index < -0.39 is 11.6 Å². The Hall–Kier alpha value is -2.65. The predicted molar refractivity (Wildman–Crippen MR) is 117 cm³/mol. The molecule has 170 valence electrons. The van der Waals surface area contributed by atoms with Gasteiger partial charge in [0.25, 0.3) is 5.89 Å².